The number of rotatable bonds is 6. The summed E-state index contributed by atoms with van der Waals surface area (Å²) >= 11 is 0. The molecule has 1 heterocycles. The predicted octanol–water partition coefficient (Wildman–Crippen LogP) is 7.69. The summed E-state index contributed by atoms with van der Waals surface area (Å²) in [4.78, 5) is 32.5. The maximum atomic E-state index is 15.5. The molecule has 0 spiro atoms. The first-order valence-electron chi connectivity index (χ1n) is 16.8. The van der Waals surface area contributed by atoms with Gasteiger partial charge in [0.25, 0.3) is 5.88 Å². The number of aliphatic hydroxyl groups is 1. The van der Waals surface area contributed by atoms with Gasteiger partial charge in [0.05, 0.1) is 11.6 Å². The van der Waals surface area contributed by atoms with E-state index in [0.717, 1.165) is 5.56 Å². The highest BCUT2D eigenvalue weighted by molar-refractivity contribution is 6.74. The fraction of sp³-hybridized carbons (Fsp3) is 0.500. The molecule has 0 bridgehead atoms. The van der Waals surface area contributed by atoms with Crippen molar-refractivity contribution in [3.05, 3.63) is 81.4 Å². The summed E-state index contributed by atoms with van der Waals surface area (Å²) < 4.78 is 34.6. The lowest BCUT2D eigenvalue weighted by Crippen LogP contribution is -2.68. The highest BCUT2D eigenvalue weighted by Crippen LogP contribution is 2.59. The molecular weight excluding hydrogens is 644 g/mol. The summed E-state index contributed by atoms with van der Waals surface area (Å²) in [5.74, 6) is -3.75. The molecule has 0 saturated heterocycles. The number of carbonyl (C=O) groups excluding carboxylic acids is 2. The van der Waals surface area contributed by atoms with Crippen molar-refractivity contribution in [2.24, 2.45) is 11.8 Å². The number of aliphatic hydroxyl groups excluding tert-OH is 1. The zero-order valence-electron chi connectivity index (χ0n) is 30.0. The quantitative estimate of drug-likeness (QED) is 0.198. The number of fused-ring (bicyclic) bond motifs is 4. The molecule has 2 N–H and O–H groups in total. The van der Waals surface area contributed by atoms with Crippen molar-refractivity contribution >= 4 is 25.6 Å². The summed E-state index contributed by atoms with van der Waals surface area (Å²) in [5, 5.41) is 27.3. The van der Waals surface area contributed by atoms with Crippen molar-refractivity contribution < 1.29 is 37.9 Å². The number of aromatic nitrogens is 1. The van der Waals surface area contributed by atoms with Crippen LogP contribution in [0.4, 0.5) is 4.39 Å². The molecule has 49 heavy (non-hydrogen) atoms. The van der Waals surface area contributed by atoms with Crippen molar-refractivity contribution in [1.82, 2.24) is 10.1 Å². The minimum Gasteiger partial charge on any atom is -0.507 e. The van der Waals surface area contributed by atoms with Gasteiger partial charge in [-0.3, -0.25) is 14.5 Å². The maximum Gasteiger partial charge on any atom is 0.265 e. The van der Waals surface area contributed by atoms with Gasteiger partial charge in [0.1, 0.15) is 29.5 Å². The lowest BCUT2D eigenvalue weighted by atomic mass is 9.57. The van der Waals surface area contributed by atoms with E-state index in [1.165, 1.54) is 6.07 Å². The number of phenols is 1. The number of nitrogens with zero attached hydrogens (tertiary/aromatic N) is 2. The van der Waals surface area contributed by atoms with Crippen molar-refractivity contribution in [1.29, 1.82) is 0 Å². The fourth-order valence-electron chi connectivity index (χ4n) is 7.69. The van der Waals surface area contributed by atoms with Crippen molar-refractivity contribution in [3.8, 4) is 11.6 Å². The molecule has 3 aliphatic rings. The van der Waals surface area contributed by atoms with Crippen LogP contribution in [0, 0.1) is 17.7 Å². The monoisotopic (exact) mass is 690 g/mol. The van der Waals surface area contributed by atoms with Gasteiger partial charge in [-0.2, -0.15) is 0 Å². The van der Waals surface area contributed by atoms with Crippen molar-refractivity contribution in [2.75, 3.05) is 14.1 Å². The molecule has 11 heteroatoms. The molecule has 1 aromatic heterocycles. The number of phenolic OH excluding ortho intramolecular Hbond substituents is 1. The fourth-order valence-corrected chi connectivity index (χ4v) is 9.14. The van der Waals surface area contributed by atoms with Gasteiger partial charge in [0.2, 0.25) is 11.6 Å². The van der Waals surface area contributed by atoms with E-state index in [1.807, 2.05) is 83.2 Å². The Morgan fingerprint density at radius 3 is 2.29 bits per heavy atom. The van der Waals surface area contributed by atoms with E-state index in [9.17, 15) is 10.2 Å². The van der Waals surface area contributed by atoms with Crippen molar-refractivity contribution in [2.45, 2.75) is 96.2 Å². The smallest absolute Gasteiger partial charge is 0.265 e. The average molecular weight is 691 g/mol. The summed E-state index contributed by atoms with van der Waals surface area (Å²) in [7, 11) is 0.788. The molecule has 6 rings (SSSR count). The van der Waals surface area contributed by atoms with Crippen molar-refractivity contribution in [3.63, 3.8) is 0 Å². The largest absolute Gasteiger partial charge is 0.507 e. The normalized spacial score (nSPS) is 24.0. The van der Waals surface area contributed by atoms with Crippen LogP contribution in [-0.4, -0.2) is 59.8 Å². The summed E-state index contributed by atoms with van der Waals surface area (Å²) in [6, 6.07) is 10.2. The SMILES string of the molecule is CN(C)[C@@H]1c2onc(OCc3ccccc3)c2C(=O)[C@@]2(O[Si](C)(C)C(C)(C)C)C(=O)C3=C(O)c4c(cc(F)c(C(C)(C)C)c4O)C[C@H]3C[C@@H]12. The zero-order chi connectivity index (χ0) is 36.0. The molecule has 0 amide bonds. The first kappa shape index (κ1) is 35.0. The molecule has 3 aliphatic carbocycles. The second kappa shape index (κ2) is 11.6. The van der Waals surface area contributed by atoms with E-state index in [-0.39, 0.29) is 53.4 Å². The van der Waals surface area contributed by atoms with Crippen LogP contribution in [0.3, 0.4) is 0 Å². The molecule has 4 atom stereocenters. The van der Waals surface area contributed by atoms with Gasteiger partial charge in [-0.25, -0.2) is 4.39 Å². The molecule has 1 fully saturated rings. The molecule has 0 radical (unpaired) electrons. The molecule has 2 aromatic carbocycles. The highest BCUT2D eigenvalue weighted by Gasteiger charge is 2.69. The number of halogens is 1. The standard InChI is InChI=1S/C38H47FN2O7Si/c1-36(2,3)28-24(39)18-22-16-21-17-23-29(41(7)8)32-27(35(40-47-32)46-19-20-14-12-11-13-15-20)34(45)38(23,48-49(9,10)37(4,5)6)33(44)26(21)30(42)25(22)31(28)43/h11-15,18,21,23,29,42-43H,16-17,19H2,1-10H3/t21-,23-,29-,38-/m0/s1. The number of ether oxygens (including phenoxy) is 1. The number of Topliss-reactive ketones (excluding diaryl/α,β-unsaturated/α-hetero) is 2. The van der Waals surface area contributed by atoms with Gasteiger partial charge in [-0.1, -0.05) is 71.9 Å². The Morgan fingerprint density at radius 2 is 1.69 bits per heavy atom. The molecule has 0 unspecified atom stereocenters. The van der Waals surface area contributed by atoms with E-state index < -0.39 is 71.1 Å². The van der Waals surface area contributed by atoms with Gasteiger partial charge >= 0.3 is 0 Å². The molecule has 3 aromatic rings. The zero-order valence-corrected chi connectivity index (χ0v) is 31.0. The Morgan fingerprint density at radius 1 is 1.04 bits per heavy atom. The van der Waals surface area contributed by atoms with Gasteiger partial charge in [0.15, 0.2) is 19.7 Å². The maximum absolute atomic E-state index is 15.5. The molecule has 9 nitrogen and oxygen atoms in total. The van der Waals surface area contributed by atoms with Crippen LogP contribution in [0.1, 0.15) is 92.4 Å². The van der Waals surface area contributed by atoms with E-state index in [0.29, 0.717) is 5.56 Å². The number of hydrogen-bond donors (Lipinski definition) is 2. The van der Waals surface area contributed by atoms with E-state index >= 15 is 14.0 Å². The Labute approximate surface area is 288 Å². The minimum atomic E-state index is -2.90. The van der Waals surface area contributed by atoms with Crippen LogP contribution in [0.25, 0.3) is 5.76 Å². The van der Waals surface area contributed by atoms with Crippen LogP contribution in [0.2, 0.25) is 18.1 Å². The lowest BCUT2D eigenvalue weighted by molar-refractivity contribution is -0.140. The molecule has 262 valence electrons. The van der Waals surface area contributed by atoms with Crippen LogP contribution in [0.15, 0.2) is 46.5 Å². The van der Waals surface area contributed by atoms with E-state index in [2.05, 4.69) is 5.16 Å². The Balaban J connectivity index is 1.59. The molecule has 1 saturated carbocycles. The lowest BCUT2D eigenvalue weighted by Gasteiger charge is -2.55. The van der Waals surface area contributed by atoms with Crippen LogP contribution in [-0.2, 0) is 27.7 Å². The third kappa shape index (κ3) is 5.36. The Kier molecular flexibility index (Phi) is 8.32. The van der Waals surface area contributed by atoms with Crippen LogP contribution in [0.5, 0.6) is 11.6 Å². The van der Waals surface area contributed by atoms with Crippen LogP contribution >= 0.6 is 0 Å². The van der Waals surface area contributed by atoms with Gasteiger partial charge in [-0.15, -0.1) is 0 Å². The van der Waals surface area contributed by atoms with E-state index in [4.69, 9.17) is 13.7 Å². The number of aromatic hydroxyl groups is 1. The second-order valence-corrected chi connectivity index (χ2v) is 21.3. The average Bonchev–Trinajstić information content (AvgIpc) is 3.39. The third-order valence-electron chi connectivity index (χ3n) is 11.0. The molecule has 0 aliphatic heterocycles. The number of benzene rings is 2. The summed E-state index contributed by atoms with van der Waals surface area (Å²) in [6.07, 6.45) is 0.433. The Bertz CT molecular complexity index is 1870. The third-order valence-corrected chi connectivity index (χ3v) is 15.4. The first-order chi connectivity index (χ1) is 22.7. The number of hydrogen-bond acceptors (Lipinski definition) is 9. The first-order valence-corrected chi connectivity index (χ1v) is 19.7. The number of ketones is 2. The Hall–Kier alpha value is -3.80. The van der Waals surface area contributed by atoms with Gasteiger partial charge < -0.3 is 23.9 Å². The topological polar surface area (TPSA) is 122 Å². The summed E-state index contributed by atoms with van der Waals surface area (Å²) in [5.41, 5.74) is -1.46. The highest BCUT2D eigenvalue weighted by atomic mass is 28.4. The minimum absolute atomic E-state index is 0.0155. The second-order valence-electron chi connectivity index (χ2n) is 16.5. The van der Waals surface area contributed by atoms with Gasteiger partial charge in [-0.05, 0) is 78.8 Å². The molecular formula is C38H47FN2O7Si. The van der Waals surface area contributed by atoms with Gasteiger partial charge in [0, 0.05) is 17.1 Å². The number of carbonyl (C=O) groups is 2. The summed E-state index contributed by atoms with van der Waals surface area (Å²) in [6.45, 7) is 15.5. The van der Waals surface area contributed by atoms with Crippen LogP contribution < -0.4 is 4.74 Å². The predicted molar refractivity (Wildman–Crippen MR) is 186 cm³/mol. The van der Waals surface area contributed by atoms with E-state index in [1.54, 1.807) is 20.8 Å².